The molecule has 1 saturated carbocycles. The fraction of sp³-hybridized carbons (Fsp3) is 0.600. The Kier molecular flexibility index (Phi) is 4.80. The zero-order chi connectivity index (χ0) is 14.7. The van der Waals surface area contributed by atoms with Crippen molar-refractivity contribution in [1.29, 1.82) is 0 Å². The summed E-state index contributed by atoms with van der Waals surface area (Å²) in [6.07, 6.45) is 12.1. The minimum atomic E-state index is 0.824. The van der Waals surface area contributed by atoms with Gasteiger partial charge in [-0.2, -0.15) is 0 Å². The first-order valence-electron chi connectivity index (χ1n) is 8.69. The van der Waals surface area contributed by atoms with Gasteiger partial charge in [0.05, 0.1) is 0 Å². The van der Waals surface area contributed by atoms with Crippen LogP contribution in [0.3, 0.4) is 0 Å². The van der Waals surface area contributed by atoms with Crippen LogP contribution in [0.2, 0.25) is 0 Å². The number of allylic oxidation sites excluding steroid dienone is 1. The topological polar surface area (TPSA) is 3.24 Å². The molecule has 0 N–H and O–H groups in total. The van der Waals surface area contributed by atoms with E-state index >= 15 is 0 Å². The molecule has 3 rings (SSSR count). The minimum absolute atomic E-state index is 0.824. The zero-order valence-corrected chi connectivity index (χ0v) is 13.6. The molecule has 1 heteroatoms. The lowest BCUT2D eigenvalue weighted by Crippen LogP contribution is -2.20. The summed E-state index contributed by atoms with van der Waals surface area (Å²) in [6.45, 7) is 1.16. The Labute approximate surface area is 130 Å². The van der Waals surface area contributed by atoms with Crippen LogP contribution < -0.4 is 0 Å². The Balaban J connectivity index is 1.92. The van der Waals surface area contributed by atoms with Gasteiger partial charge in [0.25, 0.3) is 0 Å². The third kappa shape index (κ3) is 3.40. The summed E-state index contributed by atoms with van der Waals surface area (Å²) in [5, 5.41) is 0. The van der Waals surface area contributed by atoms with E-state index in [1.807, 2.05) is 0 Å². The molecule has 114 valence electrons. The highest BCUT2D eigenvalue weighted by Gasteiger charge is 2.31. The molecular formula is C20H29N. The molecule has 0 amide bonds. The second-order valence-corrected chi connectivity index (χ2v) is 7.10. The fourth-order valence-electron chi connectivity index (χ4n) is 4.26. The molecule has 0 saturated heterocycles. The predicted octanol–water partition coefficient (Wildman–Crippen LogP) is 4.77. The predicted molar refractivity (Wildman–Crippen MR) is 91.4 cm³/mol. The van der Waals surface area contributed by atoms with Gasteiger partial charge in [0, 0.05) is 6.54 Å². The molecule has 2 aliphatic carbocycles. The standard InChI is InChI=1S/C20H29N/c1-21(2)15-7-12-20-18-10-5-3-8-16(18)13-14-17-9-4-6-11-19(17)20/h3,5,8,10,12,17,19H,4,6-7,9,11,13-15H2,1-2H3/b20-12-. The van der Waals surface area contributed by atoms with Crippen molar-refractivity contribution in [2.75, 3.05) is 20.6 Å². The van der Waals surface area contributed by atoms with Gasteiger partial charge in [-0.3, -0.25) is 0 Å². The van der Waals surface area contributed by atoms with Crippen LogP contribution in [0.1, 0.15) is 49.7 Å². The second-order valence-electron chi connectivity index (χ2n) is 7.10. The van der Waals surface area contributed by atoms with Crippen molar-refractivity contribution in [2.45, 2.75) is 44.9 Å². The Morgan fingerprint density at radius 2 is 1.90 bits per heavy atom. The van der Waals surface area contributed by atoms with Gasteiger partial charge in [0.1, 0.15) is 0 Å². The van der Waals surface area contributed by atoms with E-state index in [2.05, 4.69) is 49.3 Å². The summed E-state index contributed by atoms with van der Waals surface area (Å²) in [5.41, 5.74) is 4.82. The monoisotopic (exact) mass is 283 g/mol. The van der Waals surface area contributed by atoms with E-state index < -0.39 is 0 Å². The minimum Gasteiger partial charge on any atom is -0.309 e. The van der Waals surface area contributed by atoms with Gasteiger partial charge in [0.2, 0.25) is 0 Å². The van der Waals surface area contributed by atoms with E-state index in [1.54, 1.807) is 16.7 Å². The first-order chi connectivity index (χ1) is 10.3. The van der Waals surface area contributed by atoms with Crippen molar-refractivity contribution in [3.8, 4) is 0 Å². The molecule has 21 heavy (non-hydrogen) atoms. The molecule has 0 bridgehead atoms. The molecule has 1 aromatic carbocycles. The third-order valence-electron chi connectivity index (χ3n) is 5.36. The maximum Gasteiger partial charge on any atom is 0.00100 e. The Morgan fingerprint density at radius 1 is 1.10 bits per heavy atom. The van der Waals surface area contributed by atoms with Gasteiger partial charge >= 0.3 is 0 Å². The third-order valence-corrected chi connectivity index (χ3v) is 5.36. The van der Waals surface area contributed by atoms with Crippen molar-refractivity contribution in [2.24, 2.45) is 11.8 Å². The molecule has 2 aliphatic rings. The molecule has 0 aromatic heterocycles. The summed E-state index contributed by atoms with van der Waals surface area (Å²) < 4.78 is 0. The Morgan fingerprint density at radius 3 is 2.76 bits per heavy atom. The summed E-state index contributed by atoms with van der Waals surface area (Å²) in [6, 6.07) is 9.16. The van der Waals surface area contributed by atoms with Crippen molar-refractivity contribution in [3.05, 3.63) is 41.5 Å². The van der Waals surface area contributed by atoms with Gasteiger partial charge in [0.15, 0.2) is 0 Å². The SMILES string of the molecule is CN(C)CC/C=C1/c2ccccc2CCC2CCCCC12. The van der Waals surface area contributed by atoms with Gasteiger partial charge in [-0.15, -0.1) is 0 Å². The quantitative estimate of drug-likeness (QED) is 0.772. The normalized spacial score (nSPS) is 27.3. The molecular weight excluding hydrogens is 254 g/mol. The van der Waals surface area contributed by atoms with Crippen LogP contribution in [0.4, 0.5) is 0 Å². The van der Waals surface area contributed by atoms with Crippen LogP contribution >= 0.6 is 0 Å². The number of aryl methyl sites for hydroxylation is 1. The van der Waals surface area contributed by atoms with Crippen LogP contribution in [-0.2, 0) is 6.42 Å². The molecule has 2 atom stereocenters. The maximum atomic E-state index is 2.56. The van der Waals surface area contributed by atoms with Crippen molar-refractivity contribution in [1.82, 2.24) is 4.90 Å². The average Bonchev–Trinajstić information content (AvgIpc) is 2.65. The number of fused-ring (bicyclic) bond motifs is 2. The Bertz CT molecular complexity index is 500. The molecule has 2 unspecified atom stereocenters. The maximum absolute atomic E-state index is 2.56. The van der Waals surface area contributed by atoms with Crippen LogP contribution in [0.5, 0.6) is 0 Å². The van der Waals surface area contributed by atoms with Crippen LogP contribution in [0, 0.1) is 11.8 Å². The molecule has 0 radical (unpaired) electrons. The van der Waals surface area contributed by atoms with Crippen molar-refractivity contribution >= 4 is 5.57 Å². The molecule has 1 aromatic rings. The van der Waals surface area contributed by atoms with E-state index in [0.29, 0.717) is 0 Å². The number of benzene rings is 1. The van der Waals surface area contributed by atoms with Crippen LogP contribution in [-0.4, -0.2) is 25.5 Å². The molecule has 1 nitrogen and oxygen atoms in total. The lowest BCUT2D eigenvalue weighted by Gasteiger charge is -2.32. The highest BCUT2D eigenvalue weighted by molar-refractivity contribution is 5.71. The summed E-state index contributed by atoms with van der Waals surface area (Å²) in [5.74, 6) is 1.75. The van der Waals surface area contributed by atoms with Gasteiger partial charge in [-0.05, 0) is 74.7 Å². The lowest BCUT2D eigenvalue weighted by molar-refractivity contribution is 0.280. The van der Waals surface area contributed by atoms with Gasteiger partial charge in [-0.25, -0.2) is 0 Å². The van der Waals surface area contributed by atoms with E-state index in [9.17, 15) is 0 Å². The zero-order valence-electron chi connectivity index (χ0n) is 13.6. The van der Waals surface area contributed by atoms with E-state index in [0.717, 1.165) is 18.4 Å². The largest absolute Gasteiger partial charge is 0.309 e. The van der Waals surface area contributed by atoms with E-state index in [-0.39, 0.29) is 0 Å². The second kappa shape index (κ2) is 6.79. The highest BCUT2D eigenvalue weighted by atomic mass is 15.0. The number of hydrogen-bond donors (Lipinski definition) is 0. The first kappa shape index (κ1) is 14.8. The Hall–Kier alpha value is -1.08. The molecule has 0 aliphatic heterocycles. The van der Waals surface area contributed by atoms with Gasteiger partial charge < -0.3 is 4.90 Å². The van der Waals surface area contributed by atoms with Gasteiger partial charge in [-0.1, -0.05) is 43.2 Å². The summed E-state index contributed by atoms with van der Waals surface area (Å²) in [7, 11) is 4.34. The summed E-state index contributed by atoms with van der Waals surface area (Å²) >= 11 is 0. The van der Waals surface area contributed by atoms with Crippen molar-refractivity contribution in [3.63, 3.8) is 0 Å². The van der Waals surface area contributed by atoms with E-state index in [4.69, 9.17) is 0 Å². The lowest BCUT2D eigenvalue weighted by atomic mass is 9.73. The molecule has 0 heterocycles. The number of nitrogens with zero attached hydrogens (tertiary/aromatic N) is 1. The molecule has 1 fully saturated rings. The van der Waals surface area contributed by atoms with E-state index in [1.165, 1.54) is 44.9 Å². The van der Waals surface area contributed by atoms with Crippen LogP contribution in [0.25, 0.3) is 5.57 Å². The molecule has 0 spiro atoms. The smallest absolute Gasteiger partial charge is 0.00100 e. The summed E-state index contributed by atoms with van der Waals surface area (Å²) in [4.78, 5) is 2.29. The number of rotatable bonds is 3. The fourth-order valence-corrected chi connectivity index (χ4v) is 4.26. The van der Waals surface area contributed by atoms with Crippen molar-refractivity contribution < 1.29 is 0 Å². The highest BCUT2D eigenvalue weighted by Crippen LogP contribution is 2.45. The first-order valence-corrected chi connectivity index (χ1v) is 8.69. The number of hydrogen-bond acceptors (Lipinski definition) is 1. The average molecular weight is 283 g/mol. The van der Waals surface area contributed by atoms with Crippen LogP contribution in [0.15, 0.2) is 30.3 Å².